The van der Waals surface area contributed by atoms with Gasteiger partial charge < -0.3 is 4.74 Å². The third kappa shape index (κ3) is 3.15. The topological polar surface area (TPSA) is 26.3 Å². The fourth-order valence-corrected chi connectivity index (χ4v) is 3.51. The van der Waals surface area contributed by atoms with Crippen molar-refractivity contribution < 1.29 is 9.53 Å². The van der Waals surface area contributed by atoms with Crippen LogP contribution in [0.2, 0.25) is 0 Å². The molecule has 0 amide bonds. The second-order valence-corrected chi connectivity index (χ2v) is 5.80. The van der Waals surface area contributed by atoms with E-state index in [-0.39, 0.29) is 12.1 Å². The highest BCUT2D eigenvalue weighted by Crippen LogP contribution is 2.34. The standard InChI is InChI=1S/C16H26O2/c1-3-15(13-8-4-5-9-13)12(2)16(17)18-14-10-6-7-11-14/h13-14H,3-11H2,1-2H3. The summed E-state index contributed by atoms with van der Waals surface area (Å²) < 4.78 is 5.62. The highest BCUT2D eigenvalue weighted by molar-refractivity contribution is 5.88. The van der Waals surface area contributed by atoms with Crippen molar-refractivity contribution in [1.29, 1.82) is 0 Å². The first kappa shape index (κ1) is 13.6. The SMILES string of the molecule is CCC(=C(C)C(=O)OC1CCCC1)C1CCCC1. The smallest absolute Gasteiger partial charge is 0.333 e. The summed E-state index contributed by atoms with van der Waals surface area (Å²) >= 11 is 0. The molecular weight excluding hydrogens is 224 g/mol. The first-order valence-corrected chi connectivity index (χ1v) is 7.63. The van der Waals surface area contributed by atoms with E-state index in [0.717, 1.165) is 24.8 Å². The summed E-state index contributed by atoms with van der Waals surface area (Å²) in [7, 11) is 0. The molecule has 0 unspecified atom stereocenters. The van der Waals surface area contributed by atoms with Crippen molar-refractivity contribution in [2.75, 3.05) is 0 Å². The lowest BCUT2D eigenvalue weighted by Crippen LogP contribution is -2.17. The molecule has 2 rings (SSSR count). The highest BCUT2D eigenvalue weighted by Gasteiger charge is 2.25. The largest absolute Gasteiger partial charge is 0.459 e. The Balaban J connectivity index is 2.00. The van der Waals surface area contributed by atoms with Gasteiger partial charge in [0.1, 0.15) is 6.10 Å². The summed E-state index contributed by atoms with van der Waals surface area (Å²) in [4.78, 5) is 12.2. The maximum absolute atomic E-state index is 12.2. The molecule has 0 aromatic heterocycles. The van der Waals surface area contributed by atoms with Crippen LogP contribution in [0.1, 0.15) is 71.6 Å². The summed E-state index contributed by atoms with van der Waals surface area (Å²) in [6.45, 7) is 4.13. The Kier molecular flexibility index (Phi) is 4.85. The van der Waals surface area contributed by atoms with Crippen molar-refractivity contribution in [2.45, 2.75) is 77.7 Å². The van der Waals surface area contributed by atoms with E-state index < -0.39 is 0 Å². The zero-order chi connectivity index (χ0) is 13.0. The lowest BCUT2D eigenvalue weighted by molar-refractivity contribution is -0.144. The van der Waals surface area contributed by atoms with Gasteiger partial charge >= 0.3 is 5.97 Å². The number of rotatable bonds is 4. The van der Waals surface area contributed by atoms with E-state index in [1.165, 1.54) is 44.1 Å². The lowest BCUT2D eigenvalue weighted by atomic mass is 9.91. The molecule has 0 atom stereocenters. The first-order chi connectivity index (χ1) is 8.72. The van der Waals surface area contributed by atoms with Gasteiger partial charge in [0.2, 0.25) is 0 Å². The first-order valence-electron chi connectivity index (χ1n) is 7.63. The van der Waals surface area contributed by atoms with Crippen molar-refractivity contribution >= 4 is 5.97 Å². The number of hydrogen-bond acceptors (Lipinski definition) is 2. The third-order valence-corrected chi connectivity index (χ3v) is 4.59. The minimum Gasteiger partial charge on any atom is -0.459 e. The van der Waals surface area contributed by atoms with Crippen LogP contribution in [0.25, 0.3) is 0 Å². The van der Waals surface area contributed by atoms with E-state index >= 15 is 0 Å². The van der Waals surface area contributed by atoms with Crippen molar-refractivity contribution in [3.05, 3.63) is 11.1 Å². The maximum atomic E-state index is 12.2. The molecule has 0 spiro atoms. The quantitative estimate of drug-likeness (QED) is 0.546. The summed E-state index contributed by atoms with van der Waals surface area (Å²) in [5.41, 5.74) is 2.26. The van der Waals surface area contributed by atoms with Gasteiger partial charge in [0, 0.05) is 5.57 Å². The van der Waals surface area contributed by atoms with Crippen molar-refractivity contribution in [1.82, 2.24) is 0 Å². The summed E-state index contributed by atoms with van der Waals surface area (Å²) in [5, 5.41) is 0. The Morgan fingerprint density at radius 3 is 2.17 bits per heavy atom. The van der Waals surface area contributed by atoms with Crippen LogP contribution in [-0.2, 0) is 9.53 Å². The van der Waals surface area contributed by atoms with Crippen molar-refractivity contribution in [3.8, 4) is 0 Å². The van der Waals surface area contributed by atoms with Crippen LogP contribution in [0.15, 0.2) is 11.1 Å². The van der Waals surface area contributed by atoms with Gasteiger partial charge in [-0.15, -0.1) is 0 Å². The average Bonchev–Trinajstić information content (AvgIpc) is 3.02. The highest BCUT2D eigenvalue weighted by atomic mass is 16.5. The van der Waals surface area contributed by atoms with Gasteiger partial charge in [0.25, 0.3) is 0 Å². The summed E-state index contributed by atoms with van der Waals surface area (Å²) in [5.74, 6) is 0.594. The van der Waals surface area contributed by atoms with E-state index in [1.54, 1.807) is 0 Å². The predicted octanol–water partition coefficient (Wildman–Crippen LogP) is 4.39. The molecule has 2 nitrogen and oxygen atoms in total. The van der Waals surface area contributed by atoms with Gasteiger partial charge in [-0.05, 0) is 57.8 Å². The lowest BCUT2D eigenvalue weighted by Gasteiger charge is -2.18. The van der Waals surface area contributed by atoms with Gasteiger partial charge in [-0.1, -0.05) is 25.3 Å². The van der Waals surface area contributed by atoms with E-state index in [0.29, 0.717) is 5.92 Å². The number of hydrogen-bond donors (Lipinski definition) is 0. The molecule has 0 N–H and O–H groups in total. The molecule has 2 saturated carbocycles. The van der Waals surface area contributed by atoms with Crippen LogP contribution in [0.4, 0.5) is 0 Å². The fraction of sp³-hybridized carbons (Fsp3) is 0.812. The van der Waals surface area contributed by atoms with Crippen LogP contribution >= 0.6 is 0 Å². The molecule has 0 aromatic rings. The molecule has 0 saturated heterocycles. The fourth-order valence-electron chi connectivity index (χ4n) is 3.51. The van der Waals surface area contributed by atoms with Crippen LogP contribution in [0.5, 0.6) is 0 Å². The minimum absolute atomic E-state index is 0.0503. The van der Waals surface area contributed by atoms with Gasteiger partial charge in [-0.2, -0.15) is 0 Å². The summed E-state index contributed by atoms with van der Waals surface area (Å²) in [6.07, 6.45) is 10.9. The number of carbonyl (C=O) groups is 1. The van der Waals surface area contributed by atoms with E-state index in [9.17, 15) is 4.79 Å². The zero-order valence-electron chi connectivity index (χ0n) is 11.8. The molecule has 2 fully saturated rings. The van der Waals surface area contributed by atoms with E-state index in [2.05, 4.69) is 6.92 Å². The van der Waals surface area contributed by atoms with Crippen LogP contribution < -0.4 is 0 Å². The molecule has 0 bridgehead atoms. The number of esters is 1. The molecular formula is C16H26O2. The number of allylic oxidation sites excluding steroid dienone is 1. The minimum atomic E-state index is -0.0503. The molecule has 0 aliphatic heterocycles. The van der Waals surface area contributed by atoms with E-state index in [4.69, 9.17) is 4.74 Å². The van der Waals surface area contributed by atoms with Gasteiger partial charge in [-0.25, -0.2) is 4.79 Å². The molecule has 2 aliphatic carbocycles. The maximum Gasteiger partial charge on any atom is 0.333 e. The Bertz CT molecular complexity index is 318. The Labute approximate surface area is 111 Å². The normalized spacial score (nSPS) is 23.2. The summed E-state index contributed by atoms with van der Waals surface area (Å²) in [6, 6.07) is 0. The second kappa shape index (κ2) is 6.40. The molecule has 102 valence electrons. The van der Waals surface area contributed by atoms with Crippen molar-refractivity contribution in [2.24, 2.45) is 5.92 Å². The van der Waals surface area contributed by atoms with Crippen LogP contribution in [0, 0.1) is 5.92 Å². The van der Waals surface area contributed by atoms with Crippen LogP contribution in [0.3, 0.4) is 0 Å². The molecule has 2 aliphatic rings. The van der Waals surface area contributed by atoms with Gasteiger partial charge in [0.05, 0.1) is 0 Å². The molecule has 0 heterocycles. The third-order valence-electron chi connectivity index (χ3n) is 4.59. The molecule has 0 radical (unpaired) electrons. The van der Waals surface area contributed by atoms with Crippen LogP contribution in [-0.4, -0.2) is 12.1 Å². The number of carbonyl (C=O) groups excluding carboxylic acids is 1. The van der Waals surface area contributed by atoms with E-state index in [1.807, 2.05) is 6.92 Å². The molecule has 2 heteroatoms. The monoisotopic (exact) mass is 250 g/mol. The number of ether oxygens (including phenoxy) is 1. The van der Waals surface area contributed by atoms with Gasteiger partial charge in [0.15, 0.2) is 0 Å². The second-order valence-electron chi connectivity index (χ2n) is 5.80. The Morgan fingerprint density at radius 2 is 1.61 bits per heavy atom. The Hall–Kier alpha value is -0.790. The predicted molar refractivity (Wildman–Crippen MR) is 73.3 cm³/mol. The average molecular weight is 250 g/mol. The molecule has 0 aromatic carbocycles. The molecule has 18 heavy (non-hydrogen) atoms. The van der Waals surface area contributed by atoms with Crippen molar-refractivity contribution in [3.63, 3.8) is 0 Å². The Morgan fingerprint density at radius 1 is 1.06 bits per heavy atom. The zero-order valence-corrected chi connectivity index (χ0v) is 11.8. The van der Waals surface area contributed by atoms with Gasteiger partial charge in [-0.3, -0.25) is 0 Å².